The van der Waals surface area contributed by atoms with Crippen LogP contribution in [0, 0.1) is 0 Å². The number of nitrogen functional groups attached to an aromatic ring is 1. The Balaban J connectivity index is 2.40. The molecule has 3 nitrogen and oxygen atoms in total. The number of rotatable bonds is 2. The first-order valence-electron chi connectivity index (χ1n) is 4.96. The van der Waals surface area contributed by atoms with Crippen molar-refractivity contribution in [3.05, 3.63) is 61.4 Å². The molecule has 5 heteroatoms. The molecule has 0 bridgehead atoms. The summed E-state index contributed by atoms with van der Waals surface area (Å²) in [5.74, 6) is 0. The normalized spacial score (nSPS) is 10.5. The molecule has 2 aromatic rings. The zero-order valence-corrected chi connectivity index (χ0v) is 12.0. The Labute approximate surface area is 116 Å². The van der Waals surface area contributed by atoms with Gasteiger partial charge in [-0.2, -0.15) is 0 Å². The van der Waals surface area contributed by atoms with Crippen LogP contribution >= 0.6 is 31.9 Å². The summed E-state index contributed by atoms with van der Waals surface area (Å²) in [5.41, 5.74) is 7.34. The topological polar surface area (TPSA) is 48.0 Å². The monoisotopic (exact) mass is 356 g/mol. The molecule has 88 valence electrons. The predicted octanol–water partition coefficient (Wildman–Crippen LogP) is 3.00. The number of hydrogen-bond donors (Lipinski definition) is 1. The second kappa shape index (κ2) is 5.06. The number of nitrogens with two attached hydrogens (primary N) is 1. The lowest BCUT2D eigenvalue weighted by Crippen LogP contribution is -2.20. The smallest absolute Gasteiger partial charge is 0.265 e. The van der Waals surface area contributed by atoms with Gasteiger partial charge in [-0.25, -0.2) is 0 Å². The molecule has 0 saturated carbocycles. The van der Waals surface area contributed by atoms with Gasteiger partial charge in [-0.3, -0.25) is 4.79 Å². The highest BCUT2D eigenvalue weighted by Crippen LogP contribution is 2.14. The van der Waals surface area contributed by atoms with Gasteiger partial charge in [0, 0.05) is 16.4 Å². The number of nitrogens with zero attached hydrogens (tertiary/aromatic N) is 1. The quantitative estimate of drug-likeness (QED) is 0.840. The molecule has 2 N–H and O–H groups in total. The van der Waals surface area contributed by atoms with Crippen LogP contribution < -0.4 is 11.3 Å². The molecule has 17 heavy (non-hydrogen) atoms. The van der Waals surface area contributed by atoms with E-state index in [1.165, 1.54) is 0 Å². The molecule has 0 atom stereocenters. The lowest BCUT2D eigenvalue weighted by Gasteiger charge is -2.07. The molecule has 0 amide bonds. The molecule has 1 aromatic carbocycles. The van der Waals surface area contributed by atoms with Gasteiger partial charge in [0.05, 0.1) is 11.0 Å². The first-order chi connectivity index (χ1) is 8.06. The van der Waals surface area contributed by atoms with E-state index in [0.29, 0.717) is 16.7 Å². The van der Waals surface area contributed by atoms with E-state index in [-0.39, 0.29) is 5.56 Å². The van der Waals surface area contributed by atoms with Crippen molar-refractivity contribution in [3.8, 4) is 0 Å². The number of aromatic nitrogens is 1. The van der Waals surface area contributed by atoms with Gasteiger partial charge in [0.25, 0.3) is 5.56 Å². The summed E-state index contributed by atoms with van der Waals surface area (Å²) in [4.78, 5) is 11.9. The maximum absolute atomic E-state index is 11.9. The second-order valence-corrected chi connectivity index (χ2v) is 5.45. The van der Waals surface area contributed by atoms with Crippen LogP contribution in [0.1, 0.15) is 5.56 Å². The van der Waals surface area contributed by atoms with Crippen molar-refractivity contribution in [2.24, 2.45) is 0 Å². The molecular weight excluding hydrogens is 348 g/mol. The molecule has 1 aromatic heterocycles. The molecule has 2 rings (SSSR count). The van der Waals surface area contributed by atoms with Crippen LogP contribution in [-0.2, 0) is 6.54 Å². The van der Waals surface area contributed by atoms with Gasteiger partial charge in [-0.1, -0.05) is 12.1 Å². The van der Waals surface area contributed by atoms with E-state index in [9.17, 15) is 4.79 Å². The summed E-state index contributed by atoms with van der Waals surface area (Å²) in [6.07, 6.45) is 1.76. The third-order valence-corrected chi connectivity index (χ3v) is 3.31. The predicted molar refractivity (Wildman–Crippen MR) is 76.1 cm³/mol. The number of pyridine rings is 1. The van der Waals surface area contributed by atoms with E-state index in [0.717, 1.165) is 10.0 Å². The number of anilines is 1. The van der Waals surface area contributed by atoms with Gasteiger partial charge in [-0.05, 0) is 55.6 Å². The highest BCUT2D eigenvalue weighted by Gasteiger charge is 2.04. The van der Waals surface area contributed by atoms with Crippen LogP contribution in [0.5, 0.6) is 0 Å². The van der Waals surface area contributed by atoms with Crippen molar-refractivity contribution in [2.75, 3.05) is 5.73 Å². The third-order valence-electron chi connectivity index (χ3n) is 2.31. The van der Waals surface area contributed by atoms with Crippen LogP contribution in [0.15, 0.2) is 50.3 Å². The van der Waals surface area contributed by atoms with Gasteiger partial charge >= 0.3 is 0 Å². The minimum Gasteiger partial charge on any atom is -0.399 e. The zero-order chi connectivity index (χ0) is 12.4. The van der Waals surface area contributed by atoms with Crippen molar-refractivity contribution in [1.29, 1.82) is 0 Å². The van der Waals surface area contributed by atoms with Crippen LogP contribution in [-0.4, -0.2) is 4.57 Å². The minimum atomic E-state index is -0.0596. The van der Waals surface area contributed by atoms with Crippen molar-refractivity contribution < 1.29 is 0 Å². The van der Waals surface area contributed by atoms with Crippen molar-refractivity contribution in [1.82, 2.24) is 4.57 Å². The van der Waals surface area contributed by atoms with E-state index in [4.69, 9.17) is 5.73 Å². The zero-order valence-electron chi connectivity index (χ0n) is 8.86. The maximum atomic E-state index is 11.9. The van der Waals surface area contributed by atoms with E-state index in [1.54, 1.807) is 16.8 Å². The van der Waals surface area contributed by atoms with E-state index in [2.05, 4.69) is 31.9 Å². The summed E-state index contributed by atoms with van der Waals surface area (Å²) in [5, 5.41) is 0. The maximum Gasteiger partial charge on any atom is 0.265 e. The Kier molecular flexibility index (Phi) is 3.69. The first-order valence-corrected chi connectivity index (χ1v) is 6.55. The van der Waals surface area contributed by atoms with Gasteiger partial charge in [-0.15, -0.1) is 0 Å². The highest BCUT2D eigenvalue weighted by atomic mass is 79.9. The van der Waals surface area contributed by atoms with Gasteiger partial charge < -0.3 is 10.3 Å². The SMILES string of the molecule is Nc1cccc(Cn2cc(Br)cc(Br)c2=O)c1. The third kappa shape index (κ3) is 2.98. The summed E-state index contributed by atoms with van der Waals surface area (Å²) in [6, 6.07) is 9.24. The Bertz CT molecular complexity index is 608. The number of halogens is 2. The van der Waals surface area contributed by atoms with Crippen molar-refractivity contribution in [3.63, 3.8) is 0 Å². The van der Waals surface area contributed by atoms with E-state index < -0.39 is 0 Å². The largest absolute Gasteiger partial charge is 0.399 e. The van der Waals surface area contributed by atoms with Crippen LogP contribution in [0.4, 0.5) is 5.69 Å². The lowest BCUT2D eigenvalue weighted by atomic mass is 10.2. The first kappa shape index (κ1) is 12.4. The van der Waals surface area contributed by atoms with Gasteiger partial charge in [0.2, 0.25) is 0 Å². The van der Waals surface area contributed by atoms with Gasteiger partial charge in [0.15, 0.2) is 0 Å². The Morgan fingerprint density at radius 1 is 1.24 bits per heavy atom. The number of hydrogen-bond acceptors (Lipinski definition) is 2. The van der Waals surface area contributed by atoms with Crippen LogP contribution in [0.3, 0.4) is 0 Å². The molecule has 0 radical (unpaired) electrons. The average Bonchev–Trinajstić information content (AvgIpc) is 2.25. The van der Waals surface area contributed by atoms with Crippen LogP contribution in [0.25, 0.3) is 0 Å². The summed E-state index contributed by atoms with van der Waals surface area (Å²) < 4.78 is 3.02. The molecule has 1 heterocycles. The Morgan fingerprint density at radius 3 is 2.71 bits per heavy atom. The van der Waals surface area contributed by atoms with E-state index >= 15 is 0 Å². The summed E-state index contributed by atoms with van der Waals surface area (Å²) in [7, 11) is 0. The molecule has 0 aliphatic heterocycles. The van der Waals surface area contributed by atoms with Gasteiger partial charge in [0.1, 0.15) is 0 Å². The molecular formula is C12H10Br2N2O. The minimum absolute atomic E-state index is 0.0596. The second-order valence-electron chi connectivity index (χ2n) is 3.68. The Morgan fingerprint density at radius 2 is 2.00 bits per heavy atom. The molecule has 0 unspecified atom stereocenters. The van der Waals surface area contributed by atoms with Crippen molar-refractivity contribution in [2.45, 2.75) is 6.54 Å². The van der Waals surface area contributed by atoms with E-state index in [1.807, 2.05) is 24.3 Å². The fourth-order valence-electron chi connectivity index (χ4n) is 1.57. The fraction of sp³-hybridized carbons (Fsp3) is 0.0833. The average molecular weight is 358 g/mol. The molecule has 0 aliphatic rings. The molecule has 0 spiro atoms. The highest BCUT2D eigenvalue weighted by molar-refractivity contribution is 9.11. The molecule has 0 saturated heterocycles. The van der Waals surface area contributed by atoms with Crippen LogP contribution in [0.2, 0.25) is 0 Å². The summed E-state index contributed by atoms with van der Waals surface area (Å²) >= 11 is 6.60. The molecule has 0 aliphatic carbocycles. The standard InChI is InChI=1S/C12H10Br2N2O/c13-9-5-11(14)12(17)16(7-9)6-8-2-1-3-10(15)4-8/h1-5,7H,6,15H2. The Hall–Kier alpha value is -1.07. The fourth-order valence-corrected chi connectivity index (χ4v) is 2.83. The number of benzene rings is 1. The van der Waals surface area contributed by atoms with Crippen molar-refractivity contribution >= 4 is 37.5 Å². The summed E-state index contributed by atoms with van der Waals surface area (Å²) in [6.45, 7) is 0.502. The molecule has 0 fully saturated rings. The lowest BCUT2D eigenvalue weighted by molar-refractivity contribution is 0.752.